The number of amides is 3. The van der Waals surface area contributed by atoms with Gasteiger partial charge >= 0.3 is 0 Å². The van der Waals surface area contributed by atoms with E-state index < -0.39 is 11.8 Å². The molecule has 0 aromatic heterocycles. The predicted octanol–water partition coefficient (Wildman–Crippen LogP) is 2.13. The Morgan fingerprint density at radius 3 is 2.32 bits per heavy atom. The van der Waals surface area contributed by atoms with Crippen LogP contribution in [0.25, 0.3) is 0 Å². The summed E-state index contributed by atoms with van der Waals surface area (Å²) in [5.74, 6) is -1.17. The van der Waals surface area contributed by atoms with Crippen LogP contribution in [0.1, 0.15) is 22.3 Å². The molecule has 0 aliphatic heterocycles. The first-order chi connectivity index (χ1) is 12.0. The number of primary amides is 1. The maximum atomic E-state index is 12.0. The smallest absolute Gasteiger partial charge is 0.251 e. The highest BCUT2D eigenvalue weighted by Crippen LogP contribution is 2.17. The zero-order valence-corrected chi connectivity index (χ0v) is 14.2. The Balaban J connectivity index is 1.86. The molecule has 4 N–H and O–H groups in total. The molecule has 0 heterocycles. The predicted molar refractivity (Wildman–Crippen MR) is 96.4 cm³/mol. The van der Waals surface area contributed by atoms with E-state index in [0.29, 0.717) is 29.1 Å². The molecule has 2 rings (SSSR count). The number of benzene rings is 2. The normalized spacial score (nSPS) is 10.1. The minimum atomic E-state index is -0.615. The summed E-state index contributed by atoms with van der Waals surface area (Å²) in [4.78, 5) is 34.4. The third-order valence-corrected chi connectivity index (χ3v) is 3.80. The van der Waals surface area contributed by atoms with E-state index in [1.54, 1.807) is 30.3 Å². The fourth-order valence-corrected chi connectivity index (χ4v) is 2.38. The third kappa shape index (κ3) is 5.93. The number of rotatable bonds is 7. The van der Waals surface area contributed by atoms with Crippen molar-refractivity contribution in [1.82, 2.24) is 5.32 Å². The molecule has 3 amide bonds. The van der Waals surface area contributed by atoms with Gasteiger partial charge in [-0.3, -0.25) is 14.4 Å². The van der Waals surface area contributed by atoms with Gasteiger partial charge in [-0.1, -0.05) is 29.8 Å². The molecule has 0 aliphatic rings. The molecule has 6 nitrogen and oxygen atoms in total. The van der Waals surface area contributed by atoms with E-state index in [1.807, 2.05) is 18.2 Å². The zero-order chi connectivity index (χ0) is 18.2. The van der Waals surface area contributed by atoms with Gasteiger partial charge in [0, 0.05) is 22.7 Å². The summed E-state index contributed by atoms with van der Waals surface area (Å²) in [5, 5.41) is 5.79. The molecule has 0 radical (unpaired) electrons. The first kappa shape index (κ1) is 18.5. The van der Waals surface area contributed by atoms with Crippen LogP contribution >= 0.6 is 11.6 Å². The average Bonchev–Trinajstić information content (AvgIpc) is 2.59. The van der Waals surface area contributed by atoms with Crippen LogP contribution < -0.4 is 16.4 Å². The van der Waals surface area contributed by atoms with Crippen molar-refractivity contribution in [2.24, 2.45) is 5.73 Å². The number of nitrogens with two attached hydrogens (primary N) is 1. The lowest BCUT2D eigenvalue weighted by Gasteiger charge is -2.08. The van der Waals surface area contributed by atoms with E-state index in [2.05, 4.69) is 10.6 Å². The van der Waals surface area contributed by atoms with Crippen molar-refractivity contribution in [2.75, 3.05) is 11.9 Å². The lowest BCUT2D eigenvalue weighted by molar-refractivity contribution is -0.117. The van der Waals surface area contributed by atoms with Crippen molar-refractivity contribution in [2.45, 2.75) is 12.8 Å². The monoisotopic (exact) mass is 359 g/mol. The summed E-state index contributed by atoms with van der Waals surface area (Å²) >= 11 is 6.06. The molecule has 2 aromatic rings. The molecule has 2 aromatic carbocycles. The van der Waals surface area contributed by atoms with Gasteiger partial charge in [0.2, 0.25) is 11.8 Å². The number of halogens is 1. The van der Waals surface area contributed by atoms with E-state index in [-0.39, 0.29) is 12.5 Å². The summed E-state index contributed by atoms with van der Waals surface area (Å²) in [6, 6.07) is 13.7. The number of carbonyl (C=O) groups excluding carboxylic acids is 3. The maximum Gasteiger partial charge on any atom is 0.251 e. The number of nitrogens with one attached hydrogen (secondary N) is 2. The lowest BCUT2D eigenvalue weighted by atomic mass is 10.1. The largest absolute Gasteiger partial charge is 0.368 e. The standard InChI is InChI=1S/C18H18ClN3O3/c19-15-4-2-1-3-12(15)7-10-17(24)22-14-8-5-13(6-9-14)18(25)21-11-16(20)23/h1-6,8-9H,7,10-11H2,(H2,20,23)(H,21,25)(H,22,24). The number of anilines is 1. The second kappa shape index (κ2) is 8.84. The Labute approximate surface area is 150 Å². The van der Waals surface area contributed by atoms with Gasteiger partial charge in [0.05, 0.1) is 6.54 Å². The highest BCUT2D eigenvalue weighted by atomic mass is 35.5. The molecule has 0 spiro atoms. The van der Waals surface area contributed by atoms with Crippen molar-refractivity contribution in [3.05, 3.63) is 64.7 Å². The molecular formula is C18H18ClN3O3. The maximum absolute atomic E-state index is 12.0. The van der Waals surface area contributed by atoms with Crippen LogP contribution in [0.15, 0.2) is 48.5 Å². The van der Waals surface area contributed by atoms with Gasteiger partial charge < -0.3 is 16.4 Å². The molecule has 0 saturated carbocycles. The SMILES string of the molecule is NC(=O)CNC(=O)c1ccc(NC(=O)CCc2ccccc2Cl)cc1. The van der Waals surface area contributed by atoms with Crippen LogP contribution in [0.4, 0.5) is 5.69 Å². The molecule has 130 valence electrons. The zero-order valence-electron chi connectivity index (χ0n) is 13.4. The van der Waals surface area contributed by atoms with Gasteiger partial charge in [0.1, 0.15) is 0 Å². The molecule has 25 heavy (non-hydrogen) atoms. The first-order valence-corrected chi connectivity index (χ1v) is 8.03. The van der Waals surface area contributed by atoms with E-state index in [4.69, 9.17) is 17.3 Å². The van der Waals surface area contributed by atoms with Gasteiger partial charge in [-0.05, 0) is 42.3 Å². The number of aryl methyl sites for hydroxylation is 1. The Morgan fingerprint density at radius 2 is 1.68 bits per heavy atom. The Bertz CT molecular complexity index is 775. The number of carbonyl (C=O) groups is 3. The van der Waals surface area contributed by atoms with Crippen molar-refractivity contribution in [3.8, 4) is 0 Å². The van der Waals surface area contributed by atoms with Crippen LogP contribution in [0.2, 0.25) is 5.02 Å². The van der Waals surface area contributed by atoms with Crippen LogP contribution in [0, 0.1) is 0 Å². The van der Waals surface area contributed by atoms with Gasteiger partial charge in [-0.15, -0.1) is 0 Å². The Hall–Kier alpha value is -2.86. The lowest BCUT2D eigenvalue weighted by Crippen LogP contribution is -2.33. The summed E-state index contributed by atoms with van der Waals surface area (Å²) in [6.07, 6.45) is 0.837. The average molecular weight is 360 g/mol. The molecule has 0 saturated heterocycles. The minimum Gasteiger partial charge on any atom is -0.368 e. The van der Waals surface area contributed by atoms with Gasteiger partial charge in [0.25, 0.3) is 5.91 Å². The summed E-state index contributed by atoms with van der Waals surface area (Å²) in [5.41, 5.74) is 6.84. The Morgan fingerprint density at radius 1 is 1.00 bits per heavy atom. The van der Waals surface area contributed by atoms with Gasteiger partial charge in [-0.2, -0.15) is 0 Å². The molecule has 0 bridgehead atoms. The molecule has 0 unspecified atom stereocenters. The van der Waals surface area contributed by atoms with Crippen LogP contribution in [0.5, 0.6) is 0 Å². The van der Waals surface area contributed by atoms with Crippen LogP contribution in [-0.2, 0) is 16.0 Å². The van der Waals surface area contributed by atoms with Crippen molar-refractivity contribution in [3.63, 3.8) is 0 Å². The third-order valence-electron chi connectivity index (χ3n) is 3.43. The Kier molecular flexibility index (Phi) is 6.54. The fraction of sp³-hybridized carbons (Fsp3) is 0.167. The van der Waals surface area contributed by atoms with E-state index in [1.165, 1.54) is 0 Å². The number of hydrogen-bond donors (Lipinski definition) is 3. The minimum absolute atomic E-state index is 0.147. The highest BCUT2D eigenvalue weighted by Gasteiger charge is 2.08. The van der Waals surface area contributed by atoms with E-state index in [9.17, 15) is 14.4 Å². The first-order valence-electron chi connectivity index (χ1n) is 7.65. The second-order valence-electron chi connectivity index (χ2n) is 5.37. The van der Waals surface area contributed by atoms with Gasteiger partial charge in [0.15, 0.2) is 0 Å². The summed E-state index contributed by atoms with van der Waals surface area (Å²) in [7, 11) is 0. The second-order valence-corrected chi connectivity index (χ2v) is 5.77. The summed E-state index contributed by atoms with van der Waals surface area (Å²) < 4.78 is 0. The number of hydrogen-bond acceptors (Lipinski definition) is 3. The molecule has 0 atom stereocenters. The topological polar surface area (TPSA) is 101 Å². The van der Waals surface area contributed by atoms with Gasteiger partial charge in [-0.25, -0.2) is 0 Å². The molecular weight excluding hydrogens is 342 g/mol. The van der Waals surface area contributed by atoms with Crippen molar-refractivity contribution < 1.29 is 14.4 Å². The quantitative estimate of drug-likeness (QED) is 0.705. The van der Waals surface area contributed by atoms with E-state index >= 15 is 0 Å². The summed E-state index contributed by atoms with van der Waals surface area (Å²) in [6.45, 7) is -0.223. The highest BCUT2D eigenvalue weighted by molar-refractivity contribution is 6.31. The van der Waals surface area contributed by atoms with Crippen LogP contribution in [-0.4, -0.2) is 24.3 Å². The van der Waals surface area contributed by atoms with Crippen molar-refractivity contribution >= 4 is 35.0 Å². The molecule has 7 heteroatoms. The fourth-order valence-electron chi connectivity index (χ4n) is 2.15. The molecule has 0 aliphatic carbocycles. The van der Waals surface area contributed by atoms with E-state index in [0.717, 1.165) is 5.56 Å². The molecule has 0 fully saturated rings. The van der Waals surface area contributed by atoms with Crippen molar-refractivity contribution in [1.29, 1.82) is 0 Å². The van der Waals surface area contributed by atoms with Crippen LogP contribution in [0.3, 0.4) is 0 Å².